The van der Waals surface area contributed by atoms with Crippen LogP contribution in [0.3, 0.4) is 0 Å². The molecule has 6 nitrogen and oxygen atoms in total. The summed E-state index contributed by atoms with van der Waals surface area (Å²) in [5.41, 5.74) is 2.39. The van der Waals surface area contributed by atoms with E-state index in [1.165, 1.54) is 6.42 Å². The molecule has 0 spiro atoms. The average molecular weight is 358 g/mol. The van der Waals surface area contributed by atoms with Crippen LogP contribution in [0.25, 0.3) is 0 Å². The maximum atomic E-state index is 12.4. The molecule has 1 N–H and O–H groups in total. The van der Waals surface area contributed by atoms with Crippen LogP contribution in [0.5, 0.6) is 0 Å². The molecule has 1 fully saturated rings. The highest BCUT2D eigenvalue weighted by Gasteiger charge is 2.18. The Morgan fingerprint density at radius 1 is 1.16 bits per heavy atom. The highest BCUT2D eigenvalue weighted by molar-refractivity contribution is 7.08. The van der Waals surface area contributed by atoms with Gasteiger partial charge in [0.05, 0.1) is 5.69 Å². The molecule has 0 unspecified atom stereocenters. The zero-order valence-corrected chi connectivity index (χ0v) is 15.1. The van der Waals surface area contributed by atoms with Gasteiger partial charge in [-0.25, -0.2) is 0 Å². The van der Waals surface area contributed by atoms with Crippen molar-refractivity contribution in [3.63, 3.8) is 0 Å². The molecule has 0 aliphatic carbocycles. The molecule has 0 atom stereocenters. The molecular weight excluding hydrogens is 336 g/mol. The number of piperidine rings is 1. The van der Waals surface area contributed by atoms with Crippen molar-refractivity contribution in [1.82, 2.24) is 19.8 Å². The lowest BCUT2D eigenvalue weighted by Gasteiger charge is -2.26. The van der Waals surface area contributed by atoms with E-state index in [4.69, 9.17) is 0 Å². The Hall–Kier alpha value is -2.28. The number of hydrogen-bond donors (Lipinski definition) is 1. The molecule has 1 aliphatic heterocycles. The fraction of sp³-hybridized carbons (Fsp3) is 0.444. The van der Waals surface area contributed by atoms with E-state index in [0.29, 0.717) is 23.4 Å². The first kappa shape index (κ1) is 17.5. The van der Waals surface area contributed by atoms with Crippen LogP contribution < -0.4 is 5.32 Å². The van der Waals surface area contributed by atoms with Gasteiger partial charge in [0.1, 0.15) is 4.88 Å². The monoisotopic (exact) mass is 358 g/mol. The predicted molar refractivity (Wildman–Crippen MR) is 96.7 cm³/mol. The number of benzene rings is 1. The Labute approximate surface area is 151 Å². The summed E-state index contributed by atoms with van der Waals surface area (Å²) in [7, 11) is 0. The van der Waals surface area contributed by atoms with Gasteiger partial charge in [-0.2, -0.15) is 0 Å². The number of aryl methyl sites for hydroxylation is 1. The molecule has 0 radical (unpaired) electrons. The molecular formula is C18H22N4O2S. The van der Waals surface area contributed by atoms with Gasteiger partial charge in [-0.3, -0.25) is 9.59 Å². The van der Waals surface area contributed by atoms with Crippen LogP contribution in [-0.4, -0.2) is 39.4 Å². The molecule has 2 heterocycles. The maximum Gasteiger partial charge on any atom is 0.265 e. The molecule has 7 heteroatoms. The Bertz CT molecular complexity index is 736. The molecule has 1 saturated heterocycles. The summed E-state index contributed by atoms with van der Waals surface area (Å²) < 4.78 is 3.83. The summed E-state index contributed by atoms with van der Waals surface area (Å²) in [6.07, 6.45) is 4.06. The maximum absolute atomic E-state index is 12.4. The third-order valence-electron chi connectivity index (χ3n) is 4.39. The van der Waals surface area contributed by atoms with Gasteiger partial charge < -0.3 is 10.2 Å². The van der Waals surface area contributed by atoms with Crippen molar-refractivity contribution in [2.24, 2.45) is 0 Å². The number of carbonyl (C=O) groups is 2. The molecule has 3 rings (SSSR count). The first-order valence-corrected chi connectivity index (χ1v) is 9.44. The second kappa shape index (κ2) is 8.20. The number of amides is 2. The largest absolute Gasteiger partial charge is 0.347 e. The van der Waals surface area contributed by atoms with E-state index in [1.54, 1.807) is 0 Å². The standard InChI is InChI=1S/C18H22N4O2S/c1-2-15-16(25-21-20-15)17(23)19-12-13-6-8-14(9-7-13)18(24)22-10-4-3-5-11-22/h6-9H,2-5,10-12H2,1H3,(H,19,23). The Kier molecular flexibility index (Phi) is 5.75. The molecule has 0 bridgehead atoms. The Morgan fingerprint density at radius 3 is 2.56 bits per heavy atom. The first-order valence-electron chi connectivity index (χ1n) is 8.66. The lowest BCUT2D eigenvalue weighted by Crippen LogP contribution is -2.35. The van der Waals surface area contributed by atoms with Crippen molar-refractivity contribution in [3.05, 3.63) is 46.0 Å². The predicted octanol–water partition coefficient (Wildman–Crippen LogP) is 2.66. The Balaban J connectivity index is 1.57. The summed E-state index contributed by atoms with van der Waals surface area (Å²) in [5, 5.41) is 6.84. The second-order valence-electron chi connectivity index (χ2n) is 6.13. The molecule has 1 aromatic carbocycles. The van der Waals surface area contributed by atoms with E-state index in [2.05, 4.69) is 14.9 Å². The van der Waals surface area contributed by atoms with Crippen molar-refractivity contribution in [1.29, 1.82) is 0 Å². The van der Waals surface area contributed by atoms with Gasteiger partial charge in [-0.1, -0.05) is 23.5 Å². The zero-order chi connectivity index (χ0) is 17.6. The summed E-state index contributed by atoms with van der Waals surface area (Å²) in [4.78, 5) is 27.1. The van der Waals surface area contributed by atoms with Crippen LogP contribution >= 0.6 is 11.5 Å². The summed E-state index contributed by atoms with van der Waals surface area (Å²) in [6, 6.07) is 7.46. The lowest BCUT2D eigenvalue weighted by atomic mass is 10.1. The minimum atomic E-state index is -0.152. The highest BCUT2D eigenvalue weighted by atomic mass is 32.1. The van der Waals surface area contributed by atoms with Gasteiger partial charge >= 0.3 is 0 Å². The average Bonchev–Trinajstić information content (AvgIpc) is 3.15. The van der Waals surface area contributed by atoms with E-state index in [0.717, 1.165) is 48.7 Å². The molecule has 132 valence electrons. The summed E-state index contributed by atoms with van der Waals surface area (Å²) in [5.74, 6) is -0.0565. The molecule has 25 heavy (non-hydrogen) atoms. The van der Waals surface area contributed by atoms with Gasteiger partial charge in [0.25, 0.3) is 11.8 Å². The third-order valence-corrected chi connectivity index (χ3v) is 5.16. The van der Waals surface area contributed by atoms with Crippen molar-refractivity contribution >= 4 is 23.3 Å². The number of hydrogen-bond acceptors (Lipinski definition) is 5. The van der Waals surface area contributed by atoms with Crippen LogP contribution in [-0.2, 0) is 13.0 Å². The fourth-order valence-corrected chi connectivity index (χ4v) is 3.59. The van der Waals surface area contributed by atoms with Crippen molar-refractivity contribution in [3.8, 4) is 0 Å². The normalized spacial score (nSPS) is 14.4. The third kappa shape index (κ3) is 4.22. The van der Waals surface area contributed by atoms with Gasteiger partial charge in [0.2, 0.25) is 0 Å². The minimum absolute atomic E-state index is 0.0959. The van der Waals surface area contributed by atoms with Crippen LogP contribution in [0.1, 0.15) is 57.5 Å². The highest BCUT2D eigenvalue weighted by Crippen LogP contribution is 2.14. The van der Waals surface area contributed by atoms with Crippen molar-refractivity contribution < 1.29 is 9.59 Å². The van der Waals surface area contributed by atoms with Crippen LogP contribution in [0.2, 0.25) is 0 Å². The van der Waals surface area contributed by atoms with Crippen LogP contribution in [0, 0.1) is 0 Å². The number of aromatic nitrogens is 2. The van der Waals surface area contributed by atoms with Gasteiger partial charge in [0, 0.05) is 25.2 Å². The quantitative estimate of drug-likeness (QED) is 0.892. The summed E-state index contributed by atoms with van der Waals surface area (Å²) in [6.45, 7) is 4.06. The van der Waals surface area contributed by atoms with E-state index in [-0.39, 0.29) is 11.8 Å². The molecule has 1 aliphatic rings. The number of nitrogens with one attached hydrogen (secondary N) is 1. The molecule has 2 amide bonds. The Morgan fingerprint density at radius 2 is 1.88 bits per heavy atom. The number of carbonyl (C=O) groups excluding carboxylic acids is 2. The van der Waals surface area contributed by atoms with Gasteiger partial charge in [-0.15, -0.1) is 5.10 Å². The van der Waals surface area contributed by atoms with Crippen molar-refractivity contribution in [2.75, 3.05) is 13.1 Å². The SMILES string of the molecule is CCc1nnsc1C(=O)NCc1ccc(C(=O)N2CCCCC2)cc1. The molecule has 2 aromatic rings. The van der Waals surface area contributed by atoms with Crippen LogP contribution in [0.4, 0.5) is 0 Å². The minimum Gasteiger partial charge on any atom is -0.347 e. The molecule has 1 aromatic heterocycles. The first-order chi connectivity index (χ1) is 12.2. The van der Waals surface area contributed by atoms with E-state index in [9.17, 15) is 9.59 Å². The van der Waals surface area contributed by atoms with Gasteiger partial charge in [-0.05, 0) is 54.9 Å². The molecule has 0 saturated carbocycles. The van der Waals surface area contributed by atoms with Crippen LogP contribution in [0.15, 0.2) is 24.3 Å². The topological polar surface area (TPSA) is 75.2 Å². The zero-order valence-electron chi connectivity index (χ0n) is 14.3. The van der Waals surface area contributed by atoms with E-state index in [1.807, 2.05) is 36.1 Å². The second-order valence-corrected chi connectivity index (χ2v) is 6.89. The van der Waals surface area contributed by atoms with Gasteiger partial charge in [0.15, 0.2) is 0 Å². The number of rotatable bonds is 5. The number of likely N-dealkylation sites (tertiary alicyclic amines) is 1. The van der Waals surface area contributed by atoms with Crippen molar-refractivity contribution in [2.45, 2.75) is 39.2 Å². The number of nitrogens with zero attached hydrogens (tertiary/aromatic N) is 3. The summed E-state index contributed by atoms with van der Waals surface area (Å²) >= 11 is 1.12. The van der Waals surface area contributed by atoms with E-state index >= 15 is 0 Å². The van der Waals surface area contributed by atoms with E-state index < -0.39 is 0 Å². The fourth-order valence-electron chi connectivity index (χ4n) is 2.92. The lowest BCUT2D eigenvalue weighted by molar-refractivity contribution is 0.0724. The smallest absolute Gasteiger partial charge is 0.265 e.